The smallest absolute Gasteiger partial charge is 0.338 e. The molecule has 0 heterocycles. The number of rotatable bonds is 5. The van der Waals surface area contributed by atoms with Gasteiger partial charge in [-0.1, -0.05) is 35.3 Å². The van der Waals surface area contributed by atoms with Gasteiger partial charge in [0, 0.05) is 0 Å². The first-order valence-corrected chi connectivity index (χ1v) is 7.11. The summed E-state index contributed by atoms with van der Waals surface area (Å²) in [4.78, 5) is 11.8. The number of nitriles is 1. The Bertz CT molecular complexity index is 705. The lowest BCUT2D eigenvalue weighted by atomic mass is 10.1. The first kappa shape index (κ1) is 16.2. The fraction of sp³-hybridized carbons (Fsp3) is 0.125. The summed E-state index contributed by atoms with van der Waals surface area (Å²) < 4.78 is 10.5. The van der Waals surface area contributed by atoms with Gasteiger partial charge in [0.05, 0.1) is 27.2 Å². The van der Waals surface area contributed by atoms with E-state index in [1.807, 2.05) is 6.07 Å². The second-order valence-electron chi connectivity index (χ2n) is 4.23. The van der Waals surface area contributed by atoms with Crippen molar-refractivity contribution in [2.24, 2.45) is 0 Å². The molecule has 2 rings (SSSR count). The van der Waals surface area contributed by atoms with Crippen molar-refractivity contribution in [3.8, 4) is 11.8 Å². The van der Waals surface area contributed by atoms with E-state index >= 15 is 0 Å². The van der Waals surface area contributed by atoms with E-state index in [-0.39, 0.29) is 13.2 Å². The summed E-state index contributed by atoms with van der Waals surface area (Å²) in [5.41, 5.74) is 0.711. The molecule has 0 aliphatic carbocycles. The Morgan fingerprint density at radius 1 is 1.09 bits per heavy atom. The third kappa shape index (κ3) is 4.14. The van der Waals surface area contributed by atoms with Gasteiger partial charge in [0.1, 0.15) is 13.2 Å². The van der Waals surface area contributed by atoms with E-state index < -0.39 is 5.97 Å². The van der Waals surface area contributed by atoms with E-state index in [1.165, 1.54) is 6.07 Å². The van der Waals surface area contributed by atoms with Crippen molar-refractivity contribution in [1.82, 2.24) is 0 Å². The quantitative estimate of drug-likeness (QED) is 0.609. The first-order valence-electron chi connectivity index (χ1n) is 6.36. The molecule has 0 radical (unpaired) electrons. The minimum atomic E-state index is -0.522. The lowest BCUT2D eigenvalue weighted by Gasteiger charge is -2.10. The predicted octanol–water partition coefficient (Wildman–Crippen LogP) is 4.10. The Kier molecular flexibility index (Phi) is 5.65. The number of esters is 1. The lowest BCUT2D eigenvalue weighted by Crippen LogP contribution is -2.12. The second kappa shape index (κ2) is 7.69. The molecule has 22 heavy (non-hydrogen) atoms. The van der Waals surface area contributed by atoms with E-state index in [4.69, 9.17) is 37.9 Å². The van der Waals surface area contributed by atoms with Crippen LogP contribution in [0.4, 0.5) is 0 Å². The van der Waals surface area contributed by atoms with Crippen LogP contribution in [-0.4, -0.2) is 19.2 Å². The minimum Gasteiger partial charge on any atom is -0.487 e. The Balaban J connectivity index is 1.86. The van der Waals surface area contributed by atoms with Crippen molar-refractivity contribution < 1.29 is 14.3 Å². The van der Waals surface area contributed by atoms with Crippen LogP contribution in [0.1, 0.15) is 15.9 Å². The average molecular weight is 336 g/mol. The van der Waals surface area contributed by atoms with Crippen LogP contribution < -0.4 is 4.74 Å². The molecule has 0 bridgehead atoms. The summed E-state index contributed by atoms with van der Waals surface area (Å²) in [6.07, 6.45) is 0. The molecule has 0 amide bonds. The van der Waals surface area contributed by atoms with E-state index in [9.17, 15) is 4.79 Å². The van der Waals surface area contributed by atoms with Crippen molar-refractivity contribution >= 4 is 29.2 Å². The van der Waals surface area contributed by atoms with Gasteiger partial charge in [0.15, 0.2) is 5.75 Å². The largest absolute Gasteiger partial charge is 0.487 e. The van der Waals surface area contributed by atoms with Crippen LogP contribution in [0.15, 0.2) is 42.5 Å². The number of carbonyl (C=O) groups excluding carboxylic acids is 1. The van der Waals surface area contributed by atoms with E-state index in [1.54, 1.807) is 36.4 Å². The van der Waals surface area contributed by atoms with Crippen LogP contribution in [0.5, 0.6) is 5.75 Å². The monoisotopic (exact) mass is 335 g/mol. The molecule has 4 nitrogen and oxygen atoms in total. The molecule has 0 saturated heterocycles. The number of ether oxygens (including phenoxy) is 2. The zero-order chi connectivity index (χ0) is 15.9. The van der Waals surface area contributed by atoms with Gasteiger partial charge in [0.25, 0.3) is 0 Å². The SMILES string of the molecule is N#Cc1cccc(C(=O)OCCOc2c(Cl)cccc2Cl)c1. The molecule has 0 saturated carbocycles. The van der Waals surface area contributed by atoms with Crippen LogP contribution in [0.2, 0.25) is 10.0 Å². The molecule has 0 unspecified atom stereocenters. The predicted molar refractivity (Wildman–Crippen MR) is 83.4 cm³/mol. The van der Waals surface area contributed by atoms with Crippen molar-refractivity contribution in [1.29, 1.82) is 5.26 Å². The molecule has 0 aliphatic rings. The highest BCUT2D eigenvalue weighted by atomic mass is 35.5. The van der Waals surface area contributed by atoms with Gasteiger partial charge >= 0.3 is 5.97 Å². The average Bonchev–Trinajstić information content (AvgIpc) is 2.53. The van der Waals surface area contributed by atoms with E-state index in [0.717, 1.165) is 0 Å². The molecule has 112 valence electrons. The number of hydrogen-bond donors (Lipinski definition) is 0. The number of carbonyl (C=O) groups is 1. The van der Waals surface area contributed by atoms with Crippen molar-refractivity contribution in [3.63, 3.8) is 0 Å². The van der Waals surface area contributed by atoms with Crippen LogP contribution in [0.25, 0.3) is 0 Å². The number of halogens is 2. The van der Waals surface area contributed by atoms with Crippen molar-refractivity contribution in [2.75, 3.05) is 13.2 Å². The molecule has 2 aromatic carbocycles. The number of hydrogen-bond acceptors (Lipinski definition) is 4. The van der Waals surface area contributed by atoms with Crippen LogP contribution >= 0.6 is 23.2 Å². The maximum Gasteiger partial charge on any atom is 0.338 e. The maximum atomic E-state index is 11.8. The molecule has 2 aromatic rings. The maximum absolute atomic E-state index is 11.8. The third-order valence-corrected chi connectivity index (χ3v) is 3.30. The summed E-state index contributed by atoms with van der Waals surface area (Å²) >= 11 is 11.9. The normalized spacial score (nSPS) is 9.86. The van der Waals surface area contributed by atoms with Crippen LogP contribution in [0, 0.1) is 11.3 Å². The fourth-order valence-electron chi connectivity index (χ4n) is 1.70. The van der Waals surface area contributed by atoms with Crippen molar-refractivity contribution in [2.45, 2.75) is 0 Å². The molecule has 0 aromatic heterocycles. The number of para-hydroxylation sites is 1. The van der Waals surface area contributed by atoms with Crippen molar-refractivity contribution in [3.05, 3.63) is 63.6 Å². The molecule has 0 N–H and O–H groups in total. The van der Waals surface area contributed by atoms with Gasteiger partial charge in [0.2, 0.25) is 0 Å². The third-order valence-electron chi connectivity index (χ3n) is 2.71. The molecular formula is C16H11Cl2NO3. The zero-order valence-corrected chi connectivity index (χ0v) is 12.9. The second-order valence-corrected chi connectivity index (χ2v) is 5.04. The zero-order valence-electron chi connectivity index (χ0n) is 11.4. The van der Waals surface area contributed by atoms with E-state index in [0.29, 0.717) is 26.9 Å². The Hall–Kier alpha value is -2.22. The van der Waals surface area contributed by atoms with Gasteiger partial charge in [-0.15, -0.1) is 0 Å². The van der Waals surface area contributed by atoms with Gasteiger partial charge in [-0.05, 0) is 30.3 Å². The van der Waals surface area contributed by atoms with Gasteiger partial charge in [-0.3, -0.25) is 0 Å². The molecular weight excluding hydrogens is 325 g/mol. The summed E-state index contributed by atoms with van der Waals surface area (Å²) in [5, 5.41) is 9.57. The lowest BCUT2D eigenvalue weighted by molar-refractivity contribution is 0.0450. The molecule has 6 heteroatoms. The molecule has 0 atom stereocenters. The standard InChI is InChI=1S/C16H11Cl2NO3/c17-13-5-2-6-14(18)15(13)21-7-8-22-16(20)12-4-1-3-11(9-12)10-19/h1-6,9H,7-8H2. The van der Waals surface area contributed by atoms with Gasteiger partial charge in [-0.25, -0.2) is 4.79 Å². The highest BCUT2D eigenvalue weighted by Gasteiger charge is 2.09. The van der Waals surface area contributed by atoms with Crippen LogP contribution in [-0.2, 0) is 4.74 Å². The van der Waals surface area contributed by atoms with Gasteiger partial charge < -0.3 is 9.47 Å². The highest BCUT2D eigenvalue weighted by Crippen LogP contribution is 2.32. The highest BCUT2D eigenvalue weighted by molar-refractivity contribution is 6.37. The Morgan fingerprint density at radius 2 is 1.77 bits per heavy atom. The molecule has 0 spiro atoms. The minimum absolute atomic E-state index is 0.0389. The number of nitrogens with zero attached hydrogens (tertiary/aromatic N) is 1. The fourth-order valence-corrected chi connectivity index (χ4v) is 2.20. The molecule has 0 fully saturated rings. The summed E-state index contributed by atoms with van der Waals surface area (Å²) in [7, 11) is 0. The molecule has 0 aliphatic heterocycles. The summed E-state index contributed by atoms with van der Waals surface area (Å²) in [6.45, 7) is 0.157. The summed E-state index contributed by atoms with van der Waals surface area (Å²) in [6, 6.07) is 13.3. The van der Waals surface area contributed by atoms with Gasteiger partial charge in [-0.2, -0.15) is 5.26 Å². The number of benzene rings is 2. The first-order chi connectivity index (χ1) is 10.6. The Labute approximate surface area is 137 Å². The Morgan fingerprint density at radius 3 is 2.45 bits per heavy atom. The van der Waals surface area contributed by atoms with E-state index in [2.05, 4.69) is 0 Å². The van der Waals surface area contributed by atoms with Crippen LogP contribution in [0.3, 0.4) is 0 Å². The summed E-state index contributed by atoms with van der Waals surface area (Å²) in [5.74, 6) is -0.167. The topological polar surface area (TPSA) is 59.3 Å².